The molecule has 4 aromatic carbocycles. The smallest absolute Gasteiger partial charge is 0.265 e. The number of aromatic nitrogens is 1. The second-order valence-electron chi connectivity index (χ2n) is 9.07. The Kier molecular flexibility index (Phi) is 5.53. The Hall–Kier alpha value is -4.78. The van der Waals surface area contributed by atoms with Crippen molar-refractivity contribution >= 4 is 33.1 Å². The van der Waals surface area contributed by atoms with E-state index in [-0.39, 0.29) is 24.5 Å². The van der Waals surface area contributed by atoms with Crippen LogP contribution in [0.5, 0.6) is 17.2 Å². The number of hydrogen-bond donors (Lipinski definition) is 2. The molecule has 1 atom stereocenters. The highest BCUT2D eigenvalue weighted by molar-refractivity contribution is 6.04. The van der Waals surface area contributed by atoms with Gasteiger partial charge in [-0.1, -0.05) is 54.6 Å². The predicted molar refractivity (Wildman–Crippen MR) is 143 cm³/mol. The molecule has 0 bridgehead atoms. The number of ketones is 1. The number of rotatable bonds is 6. The first-order chi connectivity index (χ1) is 18.0. The van der Waals surface area contributed by atoms with Crippen molar-refractivity contribution in [2.75, 3.05) is 12.1 Å². The molecule has 0 fully saturated rings. The van der Waals surface area contributed by atoms with Crippen LogP contribution in [0.3, 0.4) is 0 Å². The number of anilines is 1. The fourth-order valence-electron chi connectivity index (χ4n) is 4.94. The van der Waals surface area contributed by atoms with Gasteiger partial charge in [-0.2, -0.15) is 0 Å². The number of aromatic hydroxyl groups is 1. The molecular formula is C30H24N2O5. The topological polar surface area (TPSA) is 89.8 Å². The van der Waals surface area contributed by atoms with Gasteiger partial charge in [0.1, 0.15) is 11.3 Å². The van der Waals surface area contributed by atoms with E-state index in [2.05, 4.69) is 5.32 Å². The molecule has 1 aliphatic heterocycles. The molecular weight excluding hydrogens is 468 g/mol. The quantitative estimate of drug-likeness (QED) is 0.302. The van der Waals surface area contributed by atoms with Gasteiger partial charge >= 0.3 is 0 Å². The Balaban J connectivity index is 1.43. The van der Waals surface area contributed by atoms with Crippen LogP contribution in [0.25, 0.3) is 21.7 Å². The minimum absolute atomic E-state index is 0.0655. The van der Waals surface area contributed by atoms with Gasteiger partial charge in [-0.25, -0.2) is 0 Å². The molecule has 5 aromatic rings. The van der Waals surface area contributed by atoms with Crippen LogP contribution in [0.15, 0.2) is 89.7 Å². The van der Waals surface area contributed by atoms with E-state index in [4.69, 9.17) is 9.47 Å². The summed E-state index contributed by atoms with van der Waals surface area (Å²) in [6.45, 7) is 0.139. The number of carbonyl (C=O) groups excluding carboxylic acids is 1. The molecule has 0 aliphatic carbocycles. The molecule has 0 saturated heterocycles. The summed E-state index contributed by atoms with van der Waals surface area (Å²) in [5, 5.41) is 17.0. The lowest BCUT2D eigenvalue weighted by Crippen LogP contribution is -2.26. The van der Waals surface area contributed by atoms with E-state index in [0.29, 0.717) is 22.4 Å². The molecule has 6 rings (SSSR count). The number of nitrogens with one attached hydrogen (secondary N) is 1. The zero-order valence-corrected chi connectivity index (χ0v) is 20.1. The number of benzene rings is 4. The van der Waals surface area contributed by atoms with Crippen molar-refractivity contribution in [2.45, 2.75) is 12.5 Å². The van der Waals surface area contributed by atoms with Crippen molar-refractivity contribution in [1.82, 2.24) is 4.57 Å². The standard InChI is InChI=1S/C30H24N2O5/c1-32-24-12-5-4-10-21(24)29(34)28(30(32)35)25(33)16-23(19-13-14-26-27(15-19)37-17-36-26)31-22-11-6-8-18-7-2-3-9-20(18)22/h2-15,23,31,34H,16-17H2,1H3/t23-/m1/s1. The molecule has 184 valence electrons. The average molecular weight is 493 g/mol. The second kappa shape index (κ2) is 9.02. The van der Waals surface area contributed by atoms with Gasteiger partial charge in [-0.05, 0) is 41.3 Å². The first kappa shape index (κ1) is 22.7. The maximum atomic E-state index is 13.7. The van der Waals surface area contributed by atoms with Crippen molar-refractivity contribution in [3.63, 3.8) is 0 Å². The normalized spacial score (nSPS) is 13.1. The minimum Gasteiger partial charge on any atom is -0.506 e. The maximum absolute atomic E-state index is 13.7. The molecule has 7 nitrogen and oxygen atoms in total. The summed E-state index contributed by atoms with van der Waals surface area (Å²) in [7, 11) is 1.60. The largest absolute Gasteiger partial charge is 0.506 e. The minimum atomic E-state index is -0.532. The number of nitrogens with zero attached hydrogens (tertiary/aromatic N) is 1. The van der Waals surface area contributed by atoms with Gasteiger partial charge in [0.15, 0.2) is 17.3 Å². The summed E-state index contributed by atoms with van der Waals surface area (Å²) in [4.78, 5) is 26.9. The highest BCUT2D eigenvalue weighted by Crippen LogP contribution is 2.37. The van der Waals surface area contributed by atoms with Gasteiger partial charge in [-0.3, -0.25) is 9.59 Å². The molecule has 0 radical (unpaired) electrons. The van der Waals surface area contributed by atoms with Crippen LogP contribution in [-0.4, -0.2) is 22.2 Å². The summed E-state index contributed by atoms with van der Waals surface area (Å²) in [6, 6.07) is 25.9. The van der Waals surface area contributed by atoms with Crippen molar-refractivity contribution in [3.8, 4) is 17.2 Å². The van der Waals surface area contributed by atoms with Crippen LogP contribution < -0.4 is 20.3 Å². The van der Waals surface area contributed by atoms with Crippen LogP contribution in [0.1, 0.15) is 28.4 Å². The second-order valence-corrected chi connectivity index (χ2v) is 9.07. The van der Waals surface area contributed by atoms with Crippen LogP contribution in [0.2, 0.25) is 0 Å². The average Bonchev–Trinajstić information content (AvgIpc) is 3.40. The van der Waals surface area contributed by atoms with Gasteiger partial charge in [-0.15, -0.1) is 0 Å². The third-order valence-corrected chi connectivity index (χ3v) is 6.86. The lowest BCUT2D eigenvalue weighted by molar-refractivity contribution is 0.0972. The SMILES string of the molecule is Cn1c(=O)c(C(=O)C[C@@H](Nc2cccc3ccccc23)c2ccc3c(c2)OCO3)c(O)c2ccccc21. The molecule has 1 aliphatic rings. The summed E-state index contributed by atoms with van der Waals surface area (Å²) in [5.74, 6) is 0.483. The Bertz CT molecular complexity index is 1740. The van der Waals surface area contributed by atoms with E-state index in [1.807, 2.05) is 60.7 Å². The van der Waals surface area contributed by atoms with Crippen LogP contribution in [0, 0.1) is 0 Å². The summed E-state index contributed by atoms with van der Waals surface area (Å²) in [5.41, 5.74) is 1.46. The fraction of sp³-hybridized carbons (Fsp3) is 0.133. The van der Waals surface area contributed by atoms with E-state index in [9.17, 15) is 14.7 Å². The third-order valence-electron chi connectivity index (χ3n) is 6.86. The number of carbonyl (C=O) groups is 1. The fourth-order valence-corrected chi connectivity index (χ4v) is 4.94. The molecule has 0 spiro atoms. The Morgan fingerprint density at radius 1 is 0.946 bits per heavy atom. The predicted octanol–water partition coefficient (Wildman–Crippen LogP) is 5.55. The number of fused-ring (bicyclic) bond motifs is 3. The van der Waals surface area contributed by atoms with E-state index >= 15 is 0 Å². The van der Waals surface area contributed by atoms with E-state index in [1.54, 1.807) is 31.3 Å². The van der Waals surface area contributed by atoms with Gasteiger partial charge in [0.05, 0.1) is 11.6 Å². The summed E-state index contributed by atoms with van der Waals surface area (Å²) >= 11 is 0. The van der Waals surface area contributed by atoms with Gasteiger partial charge < -0.3 is 24.5 Å². The number of para-hydroxylation sites is 1. The van der Waals surface area contributed by atoms with Crippen LogP contribution in [-0.2, 0) is 7.05 Å². The lowest BCUT2D eigenvalue weighted by Gasteiger charge is -2.22. The molecule has 1 aromatic heterocycles. The molecule has 7 heteroatoms. The number of hydrogen-bond acceptors (Lipinski definition) is 6. The van der Waals surface area contributed by atoms with Crippen molar-refractivity contribution in [1.29, 1.82) is 0 Å². The summed E-state index contributed by atoms with van der Waals surface area (Å²) in [6.07, 6.45) is -0.0655. The van der Waals surface area contributed by atoms with Crippen molar-refractivity contribution in [2.24, 2.45) is 7.05 Å². The zero-order chi connectivity index (χ0) is 25.5. The molecule has 37 heavy (non-hydrogen) atoms. The van der Waals surface area contributed by atoms with Gasteiger partial charge in [0.2, 0.25) is 6.79 Å². The van der Waals surface area contributed by atoms with Crippen LogP contribution >= 0.6 is 0 Å². The first-order valence-electron chi connectivity index (χ1n) is 12.0. The Morgan fingerprint density at radius 2 is 1.68 bits per heavy atom. The highest BCUT2D eigenvalue weighted by Gasteiger charge is 2.26. The number of aryl methyl sites for hydroxylation is 1. The first-order valence-corrected chi connectivity index (χ1v) is 12.0. The van der Waals surface area contributed by atoms with Crippen molar-refractivity contribution < 1.29 is 19.4 Å². The summed E-state index contributed by atoms with van der Waals surface area (Å²) < 4.78 is 12.4. The van der Waals surface area contributed by atoms with E-state index < -0.39 is 17.4 Å². The van der Waals surface area contributed by atoms with Crippen molar-refractivity contribution in [3.05, 3.63) is 106 Å². The molecule has 0 unspecified atom stereocenters. The molecule has 2 N–H and O–H groups in total. The third kappa shape index (κ3) is 3.94. The molecule has 0 amide bonds. The lowest BCUT2D eigenvalue weighted by atomic mass is 9.96. The Morgan fingerprint density at radius 3 is 2.54 bits per heavy atom. The zero-order valence-electron chi connectivity index (χ0n) is 20.1. The number of Topliss-reactive ketones (excluding diaryl/α,β-unsaturated/α-hetero) is 1. The highest BCUT2D eigenvalue weighted by atomic mass is 16.7. The Labute approximate surface area is 212 Å². The number of ether oxygens (including phenoxy) is 2. The van der Waals surface area contributed by atoms with Gasteiger partial charge in [0.25, 0.3) is 5.56 Å². The van der Waals surface area contributed by atoms with E-state index in [1.165, 1.54) is 4.57 Å². The molecule has 0 saturated carbocycles. The molecule has 2 heterocycles. The monoisotopic (exact) mass is 492 g/mol. The maximum Gasteiger partial charge on any atom is 0.265 e. The van der Waals surface area contributed by atoms with Crippen LogP contribution in [0.4, 0.5) is 5.69 Å². The number of pyridine rings is 1. The van der Waals surface area contributed by atoms with Gasteiger partial charge in [0, 0.05) is 29.9 Å². The van der Waals surface area contributed by atoms with E-state index in [0.717, 1.165) is 22.0 Å².